The summed E-state index contributed by atoms with van der Waals surface area (Å²) in [7, 11) is 0. The quantitative estimate of drug-likeness (QED) is 0.716. The van der Waals surface area contributed by atoms with Crippen molar-refractivity contribution in [1.29, 1.82) is 0 Å². The molecule has 0 radical (unpaired) electrons. The highest BCUT2D eigenvalue weighted by Crippen LogP contribution is 2.40. The maximum atomic E-state index is 13.5. The van der Waals surface area contributed by atoms with Crippen molar-refractivity contribution in [3.63, 3.8) is 0 Å². The van der Waals surface area contributed by atoms with Gasteiger partial charge >= 0.3 is 6.03 Å². The van der Waals surface area contributed by atoms with Gasteiger partial charge in [-0.05, 0) is 44.5 Å². The number of morpholine rings is 1. The minimum absolute atomic E-state index is 0. The van der Waals surface area contributed by atoms with E-state index in [-0.39, 0.29) is 30.6 Å². The van der Waals surface area contributed by atoms with Gasteiger partial charge in [0.25, 0.3) is 0 Å². The van der Waals surface area contributed by atoms with Crippen LogP contribution in [-0.2, 0) is 4.74 Å². The fraction of sp³-hybridized carbons (Fsp3) is 0.476. The average molecular weight is 416 g/mol. The molecule has 5 heterocycles. The summed E-state index contributed by atoms with van der Waals surface area (Å²) in [5.74, 6) is 0.782. The topological polar surface area (TPSA) is 61.8 Å². The molecule has 8 heteroatoms. The lowest BCUT2D eigenvalue weighted by atomic mass is 10.1. The Bertz CT molecular complexity index is 924. The Labute approximate surface area is 177 Å². The normalized spacial score (nSPS) is 22.9. The van der Waals surface area contributed by atoms with Gasteiger partial charge in [0.05, 0.1) is 30.1 Å². The zero-order chi connectivity index (χ0) is 19.3. The summed E-state index contributed by atoms with van der Waals surface area (Å²) in [5.41, 5.74) is 3.91. The SMILES string of the molecule is Cc1cc(-c2ccc3c(n2)N(C(=O)N2CCO[C@@H](C)C2)[C@H]2CCN3C2)ccn1.Cl. The van der Waals surface area contributed by atoms with E-state index in [0.29, 0.717) is 19.7 Å². The maximum absolute atomic E-state index is 13.5. The van der Waals surface area contributed by atoms with Crippen molar-refractivity contribution in [2.24, 2.45) is 0 Å². The number of ether oxygens (including phenoxy) is 1. The van der Waals surface area contributed by atoms with Crippen LogP contribution in [0.15, 0.2) is 30.5 Å². The van der Waals surface area contributed by atoms with E-state index in [9.17, 15) is 4.79 Å². The average Bonchev–Trinajstić information content (AvgIpc) is 3.12. The van der Waals surface area contributed by atoms with Crippen LogP contribution in [0.25, 0.3) is 11.3 Å². The lowest BCUT2D eigenvalue weighted by Gasteiger charge is -2.40. The van der Waals surface area contributed by atoms with Crippen molar-refractivity contribution in [3.05, 3.63) is 36.2 Å². The molecule has 7 nitrogen and oxygen atoms in total. The number of amides is 2. The van der Waals surface area contributed by atoms with E-state index in [1.54, 1.807) is 6.20 Å². The number of aromatic nitrogens is 2. The number of urea groups is 1. The number of hydrogen-bond acceptors (Lipinski definition) is 5. The van der Waals surface area contributed by atoms with Crippen molar-refractivity contribution in [2.45, 2.75) is 32.4 Å². The molecule has 0 N–H and O–H groups in total. The largest absolute Gasteiger partial charge is 0.375 e. The van der Waals surface area contributed by atoms with Crippen LogP contribution >= 0.6 is 12.4 Å². The van der Waals surface area contributed by atoms with Crippen LogP contribution in [0.4, 0.5) is 16.3 Å². The molecule has 2 bridgehead atoms. The summed E-state index contributed by atoms with van der Waals surface area (Å²) in [6.45, 7) is 7.70. The Kier molecular flexibility index (Phi) is 5.36. The van der Waals surface area contributed by atoms with Crippen LogP contribution in [0.5, 0.6) is 0 Å². The predicted molar refractivity (Wildman–Crippen MR) is 115 cm³/mol. The number of anilines is 2. The van der Waals surface area contributed by atoms with E-state index in [0.717, 1.165) is 48.0 Å². The Morgan fingerprint density at radius 1 is 1.21 bits per heavy atom. The Morgan fingerprint density at radius 3 is 2.86 bits per heavy atom. The van der Waals surface area contributed by atoms with Gasteiger partial charge in [-0.1, -0.05) is 0 Å². The van der Waals surface area contributed by atoms with Crippen molar-refractivity contribution < 1.29 is 9.53 Å². The second kappa shape index (κ2) is 7.80. The number of carbonyl (C=O) groups excluding carboxylic acids is 1. The van der Waals surface area contributed by atoms with Gasteiger partial charge in [-0.3, -0.25) is 9.88 Å². The van der Waals surface area contributed by atoms with Crippen molar-refractivity contribution in [3.8, 4) is 11.3 Å². The summed E-state index contributed by atoms with van der Waals surface area (Å²) in [4.78, 5) is 28.9. The molecule has 3 aliphatic rings. The highest BCUT2D eigenvalue weighted by atomic mass is 35.5. The van der Waals surface area contributed by atoms with Crippen LogP contribution in [0.2, 0.25) is 0 Å². The molecule has 2 aromatic heterocycles. The number of carbonyl (C=O) groups is 1. The number of rotatable bonds is 1. The number of hydrogen-bond donors (Lipinski definition) is 0. The number of nitrogens with zero attached hydrogens (tertiary/aromatic N) is 5. The first-order chi connectivity index (χ1) is 13.6. The van der Waals surface area contributed by atoms with Gasteiger partial charge in [0.1, 0.15) is 0 Å². The first-order valence-corrected chi connectivity index (χ1v) is 9.99. The van der Waals surface area contributed by atoms with Crippen LogP contribution in [0, 0.1) is 6.92 Å². The van der Waals surface area contributed by atoms with Gasteiger partial charge in [0.2, 0.25) is 0 Å². The summed E-state index contributed by atoms with van der Waals surface area (Å²) >= 11 is 0. The molecule has 0 aliphatic carbocycles. The first-order valence-electron chi connectivity index (χ1n) is 9.99. The standard InChI is InChI=1S/C21H25N5O2.ClH/c1-14-11-16(5-7-22-14)18-3-4-19-20(23-18)26(17-6-8-24(19)13-17)21(27)25-9-10-28-15(2)12-25;/h3-5,7,11,15,17H,6,8-10,12-13H2,1-2H3;1H/t15-,17-;/m0./s1. The zero-order valence-electron chi connectivity index (χ0n) is 16.7. The molecule has 2 fully saturated rings. The summed E-state index contributed by atoms with van der Waals surface area (Å²) < 4.78 is 5.62. The molecular weight excluding hydrogens is 390 g/mol. The highest BCUT2D eigenvalue weighted by Gasteiger charge is 2.42. The van der Waals surface area contributed by atoms with Crippen LogP contribution < -0.4 is 9.80 Å². The van der Waals surface area contributed by atoms with Gasteiger partial charge in [0.15, 0.2) is 5.82 Å². The summed E-state index contributed by atoms with van der Waals surface area (Å²) in [5, 5.41) is 0. The van der Waals surface area contributed by atoms with E-state index in [2.05, 4.69) is 16.0 Å². The fourth-order valence-corrected chi connectivity index (χ4v) is 4.47. The molecule has 154 valence electrons. The lowest BCUT2D eigenvalue weighted by molar-refractivity contribution is -0.00265. The van der Waals surface area contributed by atoms with E-state index < -0.39 is 0 Å². The zero-order valence-corrected chi connectivity index (χ0v) is 17.6. The first kappa shape index (κ1) is 19.9. The monoisotopic (exact) mass is 415 g/mol. The summed E-state index contributed by atoms with van der Waals surface area (Å²) in [6, 6.07) is 8.39. The minimum Gasteiger partial charge on any atom is -0.375 e. The minimum atomic E-state index is 0. The Morgan fingerprint density at radius 2 is 2.07 bits per heavy atom. The van der Waals surface area contributed by atoms with Gasteiger partial charge < -0.3 is 14.5 Å². The lowest BCUT2D eigenvalue weighted by Crippen LogP contribution is -2.55. The maximum Gasteiger partial charge on any atom is 0.326 e. The van der Waals surface area contributed by atoms with Gasteiger partial charge in [-0.15, -0.1) is 12.4 Å². The third-order valence-electron chi connectivity index (χ3n) is 5.86. The molecule has 0 spiro atoms. The van der Waals surface area contributed by atoms with E-state index in [1.165, 1.54) is 0 Å². The molecular formula is C21H26ClN5O2. The number of aryl methyl sites for hydroxylation is 1. The number of fused-ring (bicyclic) bond motifs is 4. The smallest absolute Gasteiger partial charge is 0.326 e. The van der Waals surface area contributed by atoms with Crippen LogP contribution in [0.3, 0.4) is 0 Å². The van der Waals surface area contributed by atoms with E-state index in [1.807, 2.05) is 41.8 Å². The molecule has 5 rings (SSSR count). The fourth-order valence-electron chi connectivity index (χ4n) is 4.47. The molecule has 3 aliphatic heterocycles. The predicted octanol–water partition coefficient (Wildman–Crippen LogP) is 3.11. The Hall–Kier alpha value is -2.38. The molecule has 29 heavy (non-hydrogen) atoms. The second-order valence-electron chi connectivity index (χ2n) is 7.89. The molecule has 2 atom stereocenters. The number of halogens is 1. The third kappa shape index (κ3) is 3.53. The van der Waals surface area contributed by atoms with Crippen molar-refractivity contribution >= 4 is 29.9 Å². The molecule has 2 saturated heterocycles. The molecule has 0 unspecified atom stereocenters. The molecule has 0 saturated carbocycles. The van der Waals surface area contributed by atoms with Crippen LogP contribution in [0.1, 0.15) is 19.0 Å². The molecule has 2 amide bonds. The van der Waals surface area contributed by atoms with Crippen LogP contribution in [-0.4, -0.2) is 65.8 Å². The second-order valence-corrected chi connectivity index (χ2v) is 7.89. The van der Waals surface area contributed by atoms with Crippen molar-refractivity contribution in [1.82, 2.24) is 14.9 Å². The summed E-state index contributed by atoms with van der Waals surface area (Å²) in [6.07, 6.45) is 2.85. The van der Waals surface area contributed by atoms with E-state index >= 15 is 0 Å². The molecule has 0 aromatic carbocycles. The highest BCUT2D eigenvalue weighted by molar-refractivity contribution is 5.97. The number of pyridine rings is 2. The van der Waals surface area contributed by atoms with Crippen molar-refractivity contribution in [2.75, 3.05) is 42.6 Å². The van der Waals surface area contributed by atoms with Gasteiger partial charge in [-0.25, -0.2) is 9.78 Å². The van der Waals surface area contributed by atoms with E-state index in [4.69, 9.17) is 9.72 Å². The van der Waals surface area contributed by atoms with Gasteiger partial charge in [0, 0.05) is 43.6 Å². The molecule has 2 aromatic rings. The van der Waals surface area contributed by atoms with Gasteiger partial charge in [-0.2, -0.15) is 0 Å². The Balaban J connectivity index is 0.00000205. The third-order valence-corrected chi connectivity index (χ3v) is 5.86.